The zero-order valence-electron chi connectivity index (χ0n) is 13.4. The fraction of sp³-hybridized carbons (Fsp3) is 0.353. The molecule has 2 N–H and O–H groups in total. The van der Waals surface area contributed by atoms with Gasteiger partial charge in [-0.1, -0.05) is 24.3 Å². The minimum absolute atomic E-state index is 0.0507. The second kappa shape index (κ2) is 7.55. The summed E-state index contributed by atoms with van der Waals surface area (Å²) in [4.78, 5) is 27.4. The summed E-state index contributed by atoms with van der Waals surface area (Å²) in [7, 11) is 0. The average molecular weight is 345 g/mol. The molecule has 1 atom stereocenters. The molecule has 126 valence electrons. The monoisotopic (exact) mass is 345 g/mol. The first-order chi connectivity index (χ1) is 11.6. The van der Waals surface area contributed by atoms with Gasteiger partial charge in [-0.25, -0.2) is 4.98 Å². The van der Waals surface area contributed by atoms with E-state index < -0.39 is 0 Å². The molecule has 0 bridgehead atoms. The third kappa shape index (κ3) is 4.18. The lowest BCUT2D eigenvalue weighted by atomic mass is 10.1. The summed E-state index contributed by atoms with van der Waals surface area (Å²) in [6.45, 7) is 2.65. The van der Waals surface area contributed by atoms with E-state index in [0.717, 1.165) is 29.7 Å². The SMILES string of the molecule is CC(=O)NCc1ccc(-c2csc(NC(=O)C3CCCO3)n2)cc1. The van der Waals surface area contributed by atoms with Crippen molar-refractivity contribution in [2.75, 3.05) is 11.9 Å². The smallest absolute Gasteiger partial charge is 0.255 e. The number of thiazole rings is 1. The van der Waals surface area contributed by atoms with E-state index in [1.807, 2.05) is 29.6 Å². The molecule has 2 aromatic rings. The quantitative estimate of drug-likeness (QED) is 0.873. The van der Waals surface area contributed by atoms with Gasteiger partial charge in [0.15, 0.2) is 5.13 Å². The Bertz CT molecular complexity index is 721. The lowest BCUT2D eigenvalue weighted by Crippen LogP contribution is -2.26. The Hall–Kier alpha value is -2.25. The van der Waals surface area contributed by atoms with Crippen molar-refractivity contribution in [2.24, 2.45) is 0 Å². The highest BCUT2D eigenvalue weighted by Crippen LogP contribution is 2.26. The molecule has 7 heteroatoms. The van der Waals surface area contributed by atoms with E-state index in [9.17, 15) is 9.59 Å². The Morgan fingerprint density at radius 3 is 2.79 bits per heavy atom. The van der Waals surface area contributed by atoms with Crippen LogP contribution in [0.15, 0.2) is 29.6 Å². The molecule has 0 saturated carbocycles. The van der Waals surface area contributed by atoms with Crippen LogP contribution in [0.2, 0.25) is 0 Å². The molecule has 1 fully saturated rings. The zero-order chi connectivity index (χ0) is 16.9. The topological polar surface area (TPSA) is 80.3 Å². The van der Waals surface area contributed by atoms with Crippen molar-refractivity contribution >= 4 is 28.3 Å². The van der Waals surface area contributed by atoms with Crippen LogP contribution in [0, 0.1) is 0 Å². The van der Waals surface area contributed by atoms with Gasteiger partial charge in [0.1, 0.15) is 6.10 Å². The highest BCUT2D eigenvalue weighted by atomic mass is 32.1. The molecule has 2 heterocycles. The Morgan fingerprint density at radius 1 is 1.33 bits per heavy atom. The summed E-state index contributed by atoms with van der Waals surface area (Å²) in [5.74, 6) is -0.177. The van der Waals surface area contributed by atoms with Crippen LogP contribution in [0.3, 0.4) is 0 Å². The van der Waals surface area contributed by atoms with Crippen molar-refractivity contribution in [3.8, 4) is 11.3 Å². The first-order valence-electron chi connectivity index (χ1n) is 7.83. The molecular formula is C17H19N3O3S. The van der Waals surface area contributed by atoms with Gasteiger partial charge in [0.05, 0.1) is 5.69 Å². The molecule has 1 aromatic heterocycles. The summed E-state index contributed by atoms with van der Waals surface area (Å²) in [5.41, 5.74) is 2.81. The highest BCUT2D eigenvalue weighted by Gasteiger charge is 2.24. The zero-order valence-corrected chi connectivity index (χ0v) is 14.2. The van der Waals surface area contributed by atoms with Gasteiger partial charge in [-0.05, 0) is 18.4 Å². The molecule has 1 saturated heterocycles. The molecule has 1 aliphatic rings. The number of hydrogen-bond acceptors (Lipinski definition) is 5. The van der Waals surface area contributed by atoms with Gasteiger partial charge in [-0.15, -0.1) is 11.3 Å². The molecule has 24 heavy (non-hydrogen) atoms. The van der Waals surface area contributed by atoms with E-state index >= 15 is 0 Å². The standard InChI is InChI=1S/C17H19N3O3S/c1-11(21)18-9-12-4-6-13(7-5-12)14-10-24-17(19-14)20-16(22)15-3-2-8-23-15/h4-7,10,15H,2-3,8-9H2,1H3,(H,18,21)(H,19,20,22). The van der Waals surface area contributed by atoms with Crippen molar-refractivity contribution in [1.82, 2.24) is 10.3 Å². The number of nitrogens with one attached hydrogen (secondary N) is 2. The van der Waals surface area contributed by atoms with E-state index in [0.29, 0.717) is 18.3 Å². The molecule has 1 aliphatic heterocycles. The van der Waals surface area contributed by atoms with Crippen LogP contribution in [0.5, 0.6) is 0 Å². The van der Waals surface area contributed by atoms with Gasteiger partial charge in [0.25, 0.3) is 5.91 Å². The van der Waals surface area contributed by atoms with Crippen LogP contribution >= 0.6 is 11.3 Å². The predicted molar refractivity (Wildman–Crippen MR) is 92.7 cm³/mol. The van der Waals surface area contributed by atoms with Gasteiger partial charge >= 0.3 is 0 Å². The highest BCUT2D eigenvalue weighted by molar-refractivity contribution is 7.14. The van der Waals surface area contributed by atoms with Crippen LogP contribution < -0.4 is 10.6 Å². The molecule has 1 aromatic carbocycles. The number of carbonyl (C=O) groups is 2. The van der Waals surface area contributed by atoms with Gasteiger partial charge in [0, 0.05) is 31.0 Å². The largest absolute Gasteiger partial charge is 0.368 e. The third-order valence-corrected chi connectivity index (χ3v) is 4.51. The van der Waals surface area contributed by atoms with E-state index in [1.165, 1.54) is 18.3 Å². The summed E-state index contributed by atoms with van der Waals surface area (Å²) in [6, 6.07) is 7.82. The molecule has 2 amide bonds. The van der Waals surface area contributed by atoms with Crippen molar-refractivity contribution in [1.29, 1.82) is 0 Å². The number of anilines is 1. The van der Waals surface area contributed by atoms with Crippen LogP contribution in [-0.2, 0) is 20.9 Å². The summed E-state index contributed by atoms with van der Waals surface area (Å²) < 4.78 is 5.37. The van der Waals surface area contributed by atoms with Gasteiger partial charge in [0.2, 0.25) is 5.91 Å². The second-order valence-electron chi connectivity index (χ2n) is 5.64. The molecular weight excluding hydrogens is 326 g/mol. The van der Waals surface area contributed by atoms with Gasteiger partial charge in [-0.3, -0.25) is 14.9 Å². The van der Waals surface area contributed by atoms with Gasteiger partial charge in [-0.2, -0.15) is 0 Å². The molecule has 6 nitrogen and oxygen atoms in total. The number of carbonyl (C=O) groups excluding carboxylic acids is 2. The number of nitrogens with zero attached hydrogens (tertiary/aromatic N) is 1. The summed E-state index contributed by atoms with van der Waals surface area (Å²) in [5, 5.41) is 8.06. The molecule has 3 rings (SSSR count). The Kier molecular flexibility index (Phi) is 5.22. The Labute approximate surface area is 144 Å². The fourth-order valence-corrected chi connectivity index (χ4v) is 3.18. The predicted octanol–water partition coefficient (Wildman–Crippen LogP) is 2.56. The maximum absolute atomic E-state index is 12.0. The van der Waals surface area contributed by atoms with E-state index in [4.69, 9.17) is 4.74 Å². The number of amides is 2. The second-order valence-corrected chi connectivity index (χ2v) is 6.49. The number of aromatic nitrogens is 1. The minimum Gasteiger partial charge on any atom is -0.368 e. The van der Waals surface area contributed by atoms with Crippen LogP contribution in [0.4, 0.5) is 5.13 Å². The van der Waals surface area contributed by atoms with Crippen molar-refractivity contribution in [3.05, 3.63) is 35.2 Å². The van der Waals surface area contributed by atoms with E-state index in [2.05, 4.69) is 15.6 Å². The number of rotatable bonds is 5. The van der Waals surface area contributed by atoms with E-state index in [-0.39, 0.29) is 17.9 Å². The van der Waals surface area contributed by atoms with Crippen LogP contribution in [-0.4, -0.2) is 29.5 Å². The molecule has 1 unspecified atom stereocenters. The number of hydrogen-bond donors (Lipinski definition) is 2. The van der Waals surface area contributed by atoms with Crippen molar-refractivity contribution in [3.63, 3.8) is 0 Å². The normalized spacial score (nSPS) is 16.8. The van der Waals surface area contributed by atoms with Crippen molar-refractivity contribution < 1.29 is 14.3 Å². The third-order valence-electron chi connectivity index (χ3n) is 3.75. The molecule has 0 radical (unpaired) electrons. The van der Waals surface area contributed by atoms with Crippen LogP contribution in [0.1, 0.15) is 25.3 Å². The first kappa shape index (κ1) is 16.6. The Morgan fingerprint density at radius 2 is 2.12 bits per heavy atom. The molecule has 0 spiro atoms. The van der Waals surface area contributed by atoms with Crippen molar-refractivity contribution in [2.45, 2.75) is 32.4 Å². The maximum atomic E-state index is 12.0. The fourth-order valence-electron chi connectivity index (χ4n) is 2.45. The lowest BCUT2D eigenvalue weighted by Gasteiger charge is -2.07. The number of ether oxygens (including phenoxy) is 1. The molecule has 0 aliphatic carbocycles. The van der Waals surface area contributed by atoms with E-state index in [1.54, 1.807) is 0 Å². The summed E-state index contributed by atoms with van der Waals surface area (Å²) in [6.07, 6.45) is 1.33. The minimum atomic E-state index is -0.356. The average Bonchev–Trinajstić information content (AvgIpc) is 3.25. The van der Waals surface area contributed by atoms with Crippen LogP contribution in [0.25, 0.3) is 11.3 Å². The maximum Gasteiger partial charge on any atom is 0.255 e. The van der Waals surface area contributed by atoms with Gasteiger partial charge < -0.3 is 10.1 Å². The summed E-state index contributed by atoms with van der Waals surface area (Å²) >= 11 is 1.39. The number of benzene rings is 1. The first-order valence-corrected chi connectivity index (χ1v) is 8.71. The lowest BCUT2D eigenvalue weighted by molar-refractivity contribution is -0.124. The Balaban J connectivity index is 1.62.